The molecule has 66 valence electrons. The molecule has 0 amide bonds. The van der Waals surface area contributed by atoms with Crippen LogP contribution in [0.1, 0.15) is 11.1 Å². The van der Waals surface area contributed by atoms with E-state index in [0.29, 0.717) is 0 Å². The molecular formula is C11H12N2. The number of nitrogens with one attached hydrogen (secondary N) is 1. The van der Waals surface area contributed by atoms with Gasteiger partial charge in [0.25, 0.3) is 0 Å². The summed E-state index contributed by atoms with van der Waals surface area (Å²) >= 11 is 0. The summed E-state index contributed by atoms with van der Waals surface area (Å²) in [6, 6.07) is 9.74. The second kappa shape index (κ2) is 5.13. The third kappa shape index (κ3) is 2.73. The van der Waals surface area contributed by atoms with Crippen molar-refractivity contribution in [2.24, 2.45) is 0 Å². The maximum atomic E-state index is 8.78. The van der Waals surface area contributed by atoms with E-state index in [4.69, 9.17) is 5.26 Å². The van der Waals surface area contributed by atoms with Crippen molar-refractivity contribution >= 4 is 0 Å². The summed E-state index contributed by atoms with van der Waals surface area (Å²) in [6.07, 6.45) is 1.80. The Morgan fingerprint density at radius 1 is 1.46 bits per heavy atom. The van der Waals surface area contributed by atoms with Crippen LogP contribution in [0.4, 0.5) is 0 Å². The highest BCUT2D eigenvalue weighted by Crippen LogP contribution is 2.06. The van der Waals surface area contributed by atoms with Crippen molar-refractivity contribution in [3.63, 3.8) is 0 Å². The Morgan fingerprint density at radius 3 is 2.92 bits per heavy atom. The zero-order chi connectivity index (χ0) is 9.52. The van der Waals surface area contributed by atoms with E-state index < -0.39 is 0 Å². The predicted octanol–water partition coefficient (Wildman–Crippen LogP) is 1.83. The predicted molar refractivity (Wildman–Crippen MR) is 53.1 cm³/mol. The molecule has 1 N–H and O–H groups in total. The van der Waals surface area contributed by atoms with Crippen LogP contribution < -0.4 is 5.32 Å². The lowest BCUT2D eigenvalue weighted by atomic mass is 10.1. The lowest BCUT2D eigenvalue weighted by Crippen LogP contribution is -2.13. The molecular weight excluding hydrogens is 160 g/mol. The molecule has 0 aliphatic rings. The van der Waals surface area contributed by atoms with Gasteiger partial charge in [-0.1, -0.05) is 24.3 Å². The fourth-order valence-corrected chi connectivity index (χ4v) is 1.09. The van der Waals surface area contributed by atoms with Crippen molar-refractivity contribution in [3.8, 4) is 6.07 Å². The Labute approximate surface area is 78.5 Å². The van der Waals surface area contributed by atoms with Crippen LogP contribution in [0, 0.1) is 11.3 Å². The van der Waals surface area contributed by atoms with Crippen LogP contribution in [0.15, 0.2) is 36.9 Å². The van der Waals surface area contributed by atoms with E-state index in [1.54, 1.807) is 6.08 Å². The van der Waals surface area contributed by atoms with Gasteiger partial charge in [-0.15, -0.1) is 6.58 Å². The van der Waals surface area contributed by atoms with Crippen LogP contribution in [0.5, 0.6) is 0 Å². The van der Waals surface area contributed by atoms with Gasteiger partial charge in [0.15, 0.2) is 0 Å². The number of hydrogen-bond acceptors (Lipinski definition) is 2. The standard InChI is InChI=1S/C11H12N2/c1-2-7-13-9-11-6-4-3-5-10(11)8-12/h2-6,13H,1,7,9H2. The smallest absolute Gasteiger partial charge is 0.0995 e. The van der Waals surface area contributed by atoms with Crippen LogP contribution >= 0.6 is 0 Å². The fraction of sp³-hybridized carbons (Fsp3) is 0.182. The highest BCUT2D eigenvalue weighted by Gasteiger charge is 1.97. The molecule has 0 heterocycles. The Kier molecular flexibility index (Phi) is 3.74. The molecule has 1 aromatic carbocycles. The molecule has 0 spiro atoms. The number of rotatable bonds is 4. The number of nitrogens with zero attached hydrogens (tertiary/aromatic N) is 1. The molecule has 2 heteroatoms. The molecule has 0 fully saturated rings. The quantitative estimate of drug-likeness (QED) is 0.555. The summed E-state index contributed by atoms with van der Waals surface area (Å²) in [6.45, 7) is 5.09. The SMILES string of the molecule is C=CCNCc1ccccc1C#N. The van der Waals surface area contributed by atoms with E-state index >= 15 is 0 Å². The maximum absolute atomic E-state index is 8.78. The second-order valence-electron chi connectivity index (χ2n) is 2.69. The normalized spacial score (nSPS) is 9.15. The van der Waals surface area contributed by atoms with Crippen molar-refractivity contribution in [2.75, 3.05) is 6.54 Å². The molecule has 0 saturated carbocycles. The molecule has 0 saturated heterocycles. The number of benzene rings is 1. The minimum absolute atomic E-state index is 0.718. The van der Waals surface area contributed by atoms with Crippen molar-refractivity contribution in [1.29, 1.82) is 5.26 Å². The van der Waals surface area contributed by atoms with Gasteiger partial charge in [0.2, 0.25) is 0 Å². The number of nitriles is 1. The molecule has 0 unspecified atom stereocenters. The van der Waals surface area contributed by atoms with E-state index in [1.807, 2.05) is 24.3 Å². The molecule has 0 atom stereocenters. The molecule has 1 rings (SSSR count). The summed E-state index contributed by atoms with van der Waals surface area (Å²) in [5, 5.41) is 11.9. The Morgan fingerprint density at radius 2 is 2.23 bits per heavy atom. The van der Waals surface area contributed by atoms with Gasteiger partial charge < -0.3 is 5.32 Å². The highest BCUT2D eigenvalue weighted by atomic mass is 14.8. The molecule has 13 heavy (non-hydrogen) atoms. The first-order valence-electron chi connectivity index (χ1n) is 4.18. The van der Waals surface area contributed by atoms with Gasteiger partial charge in [-0.05, 0) is 11.6 Å². The Balaban J connectivity index is 2.65. The minimum atomic E-state index is 0.718. The van der Waals surface area contributed by atoms with Crippen LogP contribution in [0.3, 0.4) is 0 Å². The topological polar surface area (TPSA) is 35.8 Å². The molecule has 2 nitrogen and oxygen atoms in total. The first-order chi connectivity index (χ1) is 6.38. The van der Waals surface area contributed by atoms with E-state index in [2.05, 4.69) is 18.0 Å². The fourth-order valence-electron chi connectivity index (χ4n) is 1.09. The van der Waals surface area contributed by atoms with Gasteiger partial charge in [-0.2, -0.15) is 5.26 Å². The van der Waals surface area contributed by atoms with Gasteiger partial charge >= 0.3 is 0 Å². The molecule has 0 aliphatic carbocycles. The summed E-state index contributed by atoms with van der Waals surface area (Å²) < 4.78 is 0. The molecule has 0 aromatic heterocycles. The maximum Gasteiger partial charge on any atom is 0.0995 e. The Hall–Kier alpha value is -1.59. The average Bonchev–Trinajstić information content (AvgIpc) is 2.19. The molecule has 0 aliphatic heterocycles. The van der Waals surface area contributed by atoms with Crippen molar-refractivity contribution < 1.29 is 0 Å². The summed E-state index contributed by atoms with van der Waals surface area (Å²) in [5.74, 6) is 0. The lowest BCUT2D eigenvalue weighted by molar-refractivity contribution is 0.759. The molecule has 1 aromatic rings. The van der Waals surface area contributed by atoms with Crippen molar-refractivity contribution in [3.05, 3.63) is 48.0 Å². The zero-order valence-corrected chi connectivity index (χ0v) is 7.46. The minimum Gasteiger partial charge on any atom is -0.309 e. The van der Waals surface area contributed by atoms with Gasteiger partial charge in [0, 0.05) is 13.1 Å². The van der Waals surface area contributed by atoms with Gasteiger partial charge in [-0.3, -0.25) is 0 Å². The van der Waals surface area contributed by atoms with E-state index in [1.165, 1.54) is 0 Å². The van der Waals surface area contributed by atoms with Crippen molar-refractivity contribution in [2.45, 2.75) is 6.54 Å². The van der Waals surface area contributed by atoms with Crippen LogP contribution in [-0.2, 0) is 6.54 Å². The Bertz CT molecular complexity index is 323. The average molecular weight is 172 g/mol. The van der Waals surface area contributed by atoms with E-state index in [9.17, 15) is 0 Å². The second-order valence-corrected chi connectivity index (χ2v) is 2.69. The summed E-state index contributed by atoms with van der Waals surface area (Å²) in [4.78, 5) is 0. The highest BCUT2D eigenvalue weighted by molar-refractivity contribution is 5.37. The van der Waals surface area contributed by atoms with Gasteiger partial charge in [0.1, 0.15) is 0 Å². The largest absolute Gasteiger partial charge is 0.309 e. The van der Waals surface area contributed by atoms with E-state index in [-0.39, 0.29) is 0 Å². The van der Waals surface area contributed by atoms with Gasteiger partial charge in [0.05, 0.1) is 11.6 Å². The summed E-state index contributed by atoms with van der Waals surface area (Å²) in [7, 11) is 0. The van der Waals surface area contributed by atoms with Crippen LogP contribution in [-0.4, -0.2) is 6.54 Å². The van der Waals surface area contributed by atoms with E-state index in [0.717, 1.165) is 24.2 Å². The van der Waals surface area contributed by atoms with Crippen LogP contribution in [0.25, 0.3) is 0 Å². The zero-order valence-electron chi connectivity index (χ0n) is 7.46. The first kappa shape index (κ1) is 9.50. The number of hydrogen-bond donors (Lipinski definition) is 1. The summed E-state index contributed by atoms with van der Waals surface area (Å²) in [5.41, 5.74) is 1.77. The van der Waals surface area contributed by atoms with Crippen molar-refractivity contribution in [1.82, 2.24) is 5.32 Å². The lowest BCUT2D eigenvalue weighted by Gasteiger charge is -2.03. The molecule has 0 radical (unpaired) electrons. The first-order valence-corrected chi connectivity index (χ1v) is 4.18. The molecule has 0 bridgehead atoms. The monoisotopic (exact) mass is 172 g/mol. The van der Waals surface area contributed by atoms with Gasteiger partial charge in [-0.25, -0.2) is 0 Å². The van der Waals surface area contributed by atoms with Crippen LogP contribution in [0.2, 0.25) is 0 Å². The third-order valence-corrected chi connectivity index (χ3v) is 1.74. The third-order valence-electron chi connectivity index (χ3n) is 1.74.